The Kier molecular flexibility index (Phi) is 4.71. The predicted molar refractivity (Wildman–Crippen MR) is 90.2 cm³/mol. The Morgan fingerprint density at radius 1 is 1.19 bits per heavy atom. The molecule has 1 heterocycles. The van der Waals surface area contributed by atoms with Gasteiger partial charge in [-0.25, -0.2) is 0 Å². The van der Waals surface area contributed by atoms with Crippen LogP contribution in [-0.2, 0) is 17.4 Å². The van der Waals surface area contributed by atoms with Crippen molar-refractivity contribution in [1.82, 2.24) is 0 Å². The summed E-state index contributed by atoms with van der Waals surface area (Å²) in [5, 5.41) is 9.56. The third-order valence-electron chi connectivity index (χ3n) is 4.48. The zero-order chi connectivity index (χ0) is 18.9. The number of alkyl halides is 3. The van der Waals surface area contributed by atoms with Gasteiger partial charge in [0.2, 0.25) is 0 Å². The summed E-state index contributed by atoms with van der Waals surface area (Å²) in [5.41, 5.74) is 0.671. The maximum atomic E-state index is 13.0. The molecule has 0 fully saturated rings. The van der Waals surface area contributed by atoms with Crippen LogP contribution in [0.25, 0.3) is 0 Å². The summed E-state index contributed by atoms with van der Waals surface area (Å²) in [6, 6.07) is 10.1. The van der Waals surface area contributed by atoms with E-state index in [1.54, 1.807) is 24.3 Å². The monoisotopic (exact) mass is 363 g/mol. The molecule has 2 unspecified atom stereocenters. The molecule has 0 aromatic heterocycles. The average Bonchev–Trinajstić information content (AvgIpc) is 2.80. The van der Waals surface area contributed by atoms with Gasteiger partial charge in [-0.15, -0.1) is 0 Å². The highest BCUT2D eigenvalue weighted by atomic mass is 19.4. The lowest BCUT2D eigenvalue weighted by molar-refractivity contribution is -0.140. The molecule has 0 aliphatic carbocycles. The first kappa shape index (κ1) is 18.0. The second-order valence-electron chi connectivity index (χ2n) is 6.07. The van der Waals surface area contributed by atoms with Gasteiger partial charge in [0.05, 0.1) is 24.3 Å². The van der Waals surface area contributed by atoms with E-state index >= 15 is 0 Å². The molecular formula is C19H16F3NO3. The Labute approximate surface area is 147 Å². The van der Waals surface area contributed by atoms with Crippen molar-refractivity contribution in [2.75, 3.05) is 7.11 Å². The van der Waals surface area contributed by atoms with Crippen LogP contribution in [0.4, 0.5) is 18.9 Å². The Morgan fingerprint density at radius 3 is 2.46 bits per heavy atom. The number of halogens is 3. The molecular weight excluding hydrogens is 347 g/mol. The molecule has 0 saturated heterocycles. The first-order valence-corrected chi connectivity index (χ1v) is 7.90. The molecule has 1 aliphatic heterocycles. The second-order valence-corrected chi connectivity index (χ2v) is 6.07. The molecule has 2 atom stereocenters. The van der Waals surface area contributed by atoms with Crippen molar-refractivity contribution >= 4 is 17.9 Å². The van der Waals surface area contributed by atoms with E-state index in [4.69, 9.17) is 4.74 Å². The Bertz CT molecular complexity index is 844. The van der Waals surface area contributed by atoms with Gasteiger partial charge in [0.25, 0.3) is 0 Å². The van der Waals surface area contributed by atoms with Gasteiger partial charge in [-0.1, -0.05) is 12.1 Å². The normalized spacial score (nSPS) is 19.5. The molecule has 3 rings (SSSR count). The van der Waals surface area contributed by atoms with E-state index in [0.717, 1.165) is 12.1 Å². The number of fused-ring (bicyclic) bond motifs is 1. The van der Waals surface area contributed by atoms with Gasteiger partial charge in [-0.2, -0.15) is 13.2 Å². The highest BCUT2D eigenvalue weighted by Gasteiger charge is 2.34. The Hall–Kier alpha value is -2.83. The lowest BCUT2D eigenvalue weighted by atomic mass is 9.82. The molecule has 2 aromatic carbocycles. The SMILES string of the molecule is COc1ccc(C2Cc3cc(C(F)(F)F)ccc3N=CC2C(=O)O)cc1. The van der Waals surface area contributed by atoms with Crippen molar-refractivity contribution in [3.63, 3.8) is 0 Å². The van der Waals surface area contributed by atoms with Crippen LogP contribution in [0, 0.1) is 5.92 Å². The summed E-state index contributed by atoms with van der Waals surface area (Å²) in [6.07, 6.45) is -3.02. The molecule has 7 heteroatoms. The summed E-state index contributed by atoms with van der Waals surface area (Å²) in [6.45, 7) is 0. The van der Waals surface area contributed by atoms with Crippen LogP contribution in [0.5, 0.6) is 5.75 Å². The van der Waals surface area contributed by atoms with E-state index in [9.17, 15) is 23.1 Å². The third kappa shape index (κ3) is 3.56. The van der Waals surface area contributed by atoms with Crippen LogP contribution >= 0.6 is 0 Å². The zero-order valence-electron chi connectivity index (χ0n) is 13.8. The number of carbonyl (C=O) groups is 1. The van der Waals surface area contributed by atoms with Crippen LogP contribution < -0.4 is 4.74 Å². The fourth-order valence-electron chi connectivity index (χ4n) is 3.09. The minimum atomic E-state index is -4.47. The second kappa shape index (κ2) is 6.82. The Morgan fingerprint density at radius 2 is 1.88 bits per heavy atom. The van der Waals surface area contributed by atoms with Crippen LogP contribution in [0.1, 0.15) is 22.6 Å². The Balaban J connectivity index is 2.04. The van der Waals surface area contributed by atoms with Gasteiger partial charge in [0.1, 0.15) is 5.75 Å². The lowest BCUT2D eigenvalue weighted by Gasteiger charge is -2.21. The van der Waals surface area contributed by atoms with Crippen LogP contribution in [0.2, 0.25) is 0 Å². The standard InChI is InChI=1S/C19H16F3NO3/c1-26-14-5-2-11(3-6-14)15-9-12-8-13(19(20,21)22)4-7-17(12)23-10-16(15)18(24)25/h2-8,10,15-16H,9H2,1H3,(H,24,25). The predicted octanol–water partition coefficient (Wildman–Crippen LogP) is 4.46. The lowest BCUT2D eigenvalue weighted by Crippen LogP contribution is -2.24. The van der Waals surface area contributed by atoms with Gasteiger partial charge in [-0.3, -0.25) is 9.79 Å². The molecule has 2 aromatic rings. The van der Waals surface area contributed by atoms with Crippen molar-refractivity contribution in [3.05, 3.63) is 59.2 Å². The van der Waals surface area contributed by atoms with Crippen LogP contribution in [0.3, 0.4) is 0 Å². The van der Waals surface area contributed by atoms with Crippen molar-refractivity contribution < 1.29 is 27.8 Å². The molecule has 4 nitrogen and oxygen atoms in total. The minimum absolute atomic E-state index is 0.141. The maximum Gasteiger partial charge on any atom is 0.416 e. The van der Waals surface area contributed by atoms with Crippen LogP contribution in [-0.4, -0.2) is 24.4 Å². The number of rotatable bonds is 3. The topological polar surface area (TPSA) is 58.9 Å². The largest absolute Gasteiger partial charge is 0.497 e. The van der Waals surface area contributed by atoms with Gasteiger partial charge < -0.3 is 9.84 Å². The van der Waals surface area contributed by atoms with E-state index in [2.05, 4.69) is 4.99 Å². The first-order valence-electron chi connectivity index (χ1n) is 7.90. The molecule has 0 spiro atoms. The van der Waals surface area contributed by atoms with Crippen molar-refractivity contribution in [2.24, 2.45) is 10.9 Å². The third-order valence-corrected chi connectivity index (χ3v) is 4.48. The quantitative estimate of drug-likeness (QED) is 0.876. The number of hydrogen-bond donors (Lipinski definition) is 1. The van der Waals surface area contributed by atoms with E-state index in [0.29, 0.717) is 22.6 Å². The number of ether oxygens (including phenoxy) is 1. The summed E-state index contributed by atoms with van der Waals surface area (Å²) in [7, 11) is 1.52. The van der Waals surface area contributed by atoms with E-state index in [1.807, 2.05) is 0 Å². The molecule has 26 heavy (non-hydrogen) atoms. The fraction of sp³-hybridized carbons (Fsp3) is 0.263. The fourth-order valence-corrected chi connectivity index (χ4v) is 3.09. The van der Waals surface area contributed by atoms with Gasteiger partial charge in [0, 0.05) is 12.1 Å². The van der Waals surface area contributed by atoms with E-state index in [-0.39, 0.29) is 6.42 Å². The van der Waals surface area contributed by atoms with Crippen LogP contribution in [0.15, 0.2) is 47.5 Å². The first-order chi connectivity index (χ1) is 12.3. The maximum absolute atomic E-state index is 13.0. The number of benzene rings is 2. The van der Waals surface area contributed by atoms with Gasteiger partial charge in [0.15, 0.2) is 0 Å². The number of aliphatic imine (C=N–C) groups is 1. The summed E-state index contributed by atoms with van der Waals surface area (Å²) in [5.74, 6) is -1.93. The molecule has 136 valence electrons. The summed E-state index contributed by atoms with van der Waals surface area (Å²) < 4.78 is 44.2. The van der Waals surface area contributed by atoms with Crippen molar-refractivity contribution in [1.29, 1.82) is 0 Å². The number of nitrogens with zero attached hydrogens (tertiary/aromatic N) is 1. The molecule has 0 radical (unpaired) electrons. The van der Waals surface area contributed by atoms with Crippen molar-refractivity contribution in [2.45, 2.75) is 18.5 Å². The molecule has 1 N–H and O–H groups in total. The highest BCUT2D eigenvalue weighted by molar-refractivity contribution is 5.91. The van der Waals surface area contributed by atoms with E-state index in [1.165, 1.54) is 19.4 Å². The summed E-state index contributed by atoms with van der Waals surface area (Å²) >= 11 is 0. The van der Waals surface area contributed by atoms with E-state index < -0.39 is 29.5 Å². The zero-order valence-corrected chi connectivity index (χ0v) is 13.8. The number of hydrogen-bond acceptors (Lipinski definition) is 3. The van der Waals surface area contributed by atoms with Crippen molar-refractivity contribution in [3.8, 4) is 5.75 Å². The number of methoxy groups -OCH3 is 1. The van der Waals surface area contributed by atoms with Gasteiger partial charge in [-0.05, 0) is 47.9 Å². The average molecular weight is 363 g/mol. The minimum Gasteiger partial charge on any atom is -0.497 e. The number of carboxylic acid groups (broad SMARTS) is 1. The molecule has 1 aliphatic rings. The summed E-state index contributed by atoms with van der Waals surface area (Å²) in [4.78, 5) is 15.8. The molecule has 0 amide bonds. The highest BCUT2D eigenvalue weighted by Crippen LogP contribution is 2.38. The molecule has 0 bridgehead atoms. The van der Waals surface area contributed by atoms with Gasteiger partial charge >= 0.3 is 12.1 Å². The molecule has 0 saturated carbocycles. The number of aliphatic carboxylic acids is 1. The number of carboxylic acids is 1. The smallest absolute Gasteiger partial charge is 0.416 e.